The fourth-order valence-corrected chi connectivity index (χ4v) is 4.17. The second-order valence-electron chi connectivity index (χ2n) is 5.58. The molecule has 0 aromatic heterocycles. The van der Waals surface area contributed by atoms with Gasteiger partial charge in [-0.25, -0.2) is 4.99 Å². The fraction of sp³-hybridized carbons (Fsp3) is 0.438. The highest BCUT2D eigenvalue weighted by Crippen LogP contribution is 2.37. The number of nitrogens with zero attached hydrogens (tertiary/aromatic N) is 2. The van der Waals surface area contributed by atoms with Crippen molar-refractivity contribution < 1.29 is 14.7 Å². The molecule has 0 bridgehead atoms. The highest BCUT2D eigenvalue weighted by Gasteiger charge is 2.43. The molecule has 1 unspecified atom stereocenters. The molecule has 0 spiro atoms. The third-order valence-corrected chi connectivity index (χ3v) is 5.15. The van der Waals surface area contributed by atoms with E-state index in [4.69, 9.17) is 5.11 Å². The van der Waals surface area contributed by atoms with Crippen LogP contribution in [0.25, 0.3) is 0 Å². The predicted molar refractivity (Wildman–Crippen MR) is 86.3 cm³/mol. The SMILES string of the molecule is O=C(O)CC1SC(=Nc2ccccc2)N(C2CCCC2)C1=O. The maximum Gasteiger partial charge on any atom is 0.305 e. The molecule has 22 heavy (non-hydrogen) atoms. The van der Waals surface area contributed by atoms with Crippen LogP contribution in [0.15, 0.2) is 35.3 Å². The summed E-state index contributed by atoms with van der Waals surface area (Å²) in [6, 6.07) is 9.65. The molecule has 1 aromatic carbocycles. The van der Waals surface area contributed by atoms with Gasteiger partial charge in [0.1, 0.15) is 5.25 Å². The largest absolute Gasteiger partial charge is 0.481 e. The normalized spacial score (nSPS) is 24.4. The van der Waals surface area contributed by atoms with Gasteiger partial charge in [0, 0.05) is 6.04 Å². The lowest BCUT2D eigenvalue weighted by molar-refractivity contribution is -0.139. The molecule has 3 rings (SSSR count). The van der Waals surface area contributed by atoms with E-state index in [0.717, 1.165) is 31.4 Å². The molecule has 2 aliphatic rings. The van der Waals surface area contributed by atoms with Crippen molar-refractivity contribution in [1.29, 1.82) is 0 Å². The maximum absolute atomic E-state index is 12.6. The monoisotopic (exact) mass is 318 g/mol. The van der Waals surface area contributed by atoms with Crippen LogP contribution >= 0.6 is 11.8 Å². The minimum absolute atomic E-state index is 0.103. The van der Waals surface area contributed by atoms with Gasteiger partial charge in [0.05, 0.1) is 12.1 Å². The summed E-state index contributed by atoms with van der Waals surface area (Å²) in [6.45, 7) is 0. The lowest BCUT2D eigenvalue weighted by Crippen LogP contribution is -2.39. The first-order valence-corrected chi connectivity index (χ1v) is 8.38. The Labute approximate surface area is 133 Å². The van der Waals surface area contributed by atoms with Crippen LogP contribution in [0.1, 0.15) is 32.1 Å². The summed E-state index contributed by atoms with van der Waals surface area (Å²) in [5, 5.41) is 9.09. The lowest BCUT2D eigenvalue weighted by Gasteiger charge is -2.23. The van der Waals surface area contributed by atoms with Gasteiger partial charge in [-0.1, -0.05) is 42.8 Å². The number of thioether (sulfide) groups is 1. The zero-order valence-corrected chi connectivity index (χ0v) is 13.0. The number of amidine groups is 1. The van der Waals surface area contributed by atoms with E-state index in [1.165, 1.54) is 11.8 Å². The number of rotatable bonds is 4. The van der Waals surface area contributed by atoms with Gasteiger partial charge in [-0.15, -0.1) is 0 Å². The average molecular weight is 318 g/mol. The average Bonchev–Trinajstić information content (AvgIpc) is 3.09. The molecular formula is C16H18N2O3S. The van der Waals surface area contributed by atoms with Crippen molar-refractivity contribution in [1.82, 2.24) is 4.90 Å². The number of benzene rings is 1. The molecule has 1 amide bonds. The van der Waals surface area contributed by atoms with E-state index in [9.17, 15) is 9.59 Å². The van der Waals surface area contributed by atoms with Crippen molar-refractivity contribution in [3.05, 3.63) is 30.3 Å². The second-order valence-corrected chi connectivity index (χ2v) is 6.75. The van der Waals surface area contributed by atoms with Crippen molar-refractivity contribution in [2.45, 2.75) is 43.4 Å². The zero-order chi connectivity index (χ0) is 15.5. The van der Waals surface area contributed by atoms with Crippen molar-refractivity contribution in [3.63, 3.8) is 0 Å². The Morgan fingerprint density at radius 2 is 1.95 bits per heavy atom. The third kappa shape index (κ3) is 3.16. The minimum atomic E-state index is -0.946. The summed E-state index contributed by atoms with van der Waals surface area (Å²) in [4.78, 5) is 29.9. The summed E-state index contributed by atoms with van der Waals surface area (Å²) in [7, 11) is 0. The van der Waals surface area contributed by atoms with Gasteiger partial charge in [0.2, 0.25) is 5.91 Å². The first-order chi connectivity index (χ1) is 10.6. The van der Waals surface area contributed by atoms with E-state index in [-0.39, 0.29) is 18.4 Å². The predicted octanol–water partition coefficient (Wildman–Crippen LogP) is 3.04. The number of para-hydroxylation sites is 1. The number of aliphatic imine (C=N–C) groups is 1. The number of carboxylic acid groups (broad SMARTS) is 1. The van der Waals surface area contributed by atoms with Crippen LogP contribution < -0.4 is 0 Å². The summed E-state index contributed by atoms with van der Waals surface area (Å²) >= 11 is 1.28. The standard InChI is InChI=1S/C16H18N2O3S/c19-14(20)10-13-15(21)18(12-8-4-5-9-12)16(22-13)17-11-6-2-1-3-7-11/h1-3,6-7,12-13H,4-5,8-10H2,(H,19,20). The van der Waals surface area contributed by atoms with Gasteiger partial charge in [-0.2, -0.15) is 0 Å². The minimum Gasteiger partial charge on any atom is -0.481 e. The Bertz CT molecular complexity index is 597. The molecule has 1 saturated heterocycles. The smallest absolute Gasteiger partial charge is 0.305 e. The summed E-state index contributed by atoms with van der Waals surface area (Å²) in [5.74, 6) is -1.05. The summed E-state index contributed by atoms with van der Waals surface area (Å²) in [6.07, 6.45) is 4.02. The highest BCUT2D eigenvalue weighted by molar-refractivity contribution is 8.15. The molecule has 6 heteroatoms. The number of aliphatic carboxylic acids is 1. The van der Waals surface area contributed by atoms with Crippen molar-refractivity contribution in [2.24, 2.45) is 4.99 Å². The van der Waals surface area contributed by atoms with Gasteiger partial charge in [0.15, 0.2) is 5.17 Å². The quantitative estimate of drug-likeness (QED) is 0.926. The van der Waals surface area contributed by atoms with E-state index in [2.05, 4.69) is 4.99 Å². The van der Waals surface area contributed by atoms with E-state index in [1.807, 2.05) is 30.3 Å². The van der Waals surface area contributed by atoms with Crippen LogP contribution in [-0.2, 0) is 9.59 Å². The first-order valence-electron chi connectivity index (χ1n) is 7.50. The molecule has 0 radical (unpaired) electrons. The molecule has 2 fully saturated rings. The van der Waals surface area contributed by atoms with Crippen LogP contribution in [0, 0.1) is 0 Å². The topological polar surface area (TPSA) is 70.0 Å². The Kier molecular flexibility index (Phi) is 4.47. The van der Waals surface area contributed by atoms with E-state index in [0.29, 0.717) is 5.17 Å². The van der Waals surface area contributed by atoms with Crippen LogP contribution in [-0.4, -0.2) is 38.3 Å². The van der Waals surface area contributed by atoms with E-state index < -0.39 is 11.2 Å². The van der Waals surface area contributed by atoms with Crippen molar-refractivity contribution >= 4 is 34.5 Å². The molecule has 1 aliphatic heterocycles. The highest BCUT2D eigenvalue weighted by atomic mass is 32.2. The zero-order valence-electron chi connectivity index (χ0n) is 12.1. The third-order valence-electron chi connectivity index (χ3n) is 4.00. The van der Waals surface area contributed by atoms with Gasteiger partial charge in [-0.3, -0.25) is 14.5 Å². The number of hydrogen-bond donors (Lipinski definition) is 1. The van der Waals surface area contributed by atoms with Crippen molar-refractivity contribution in [2.75, 3.05) is 0 Å². The van der Waals surface area contributed by atoms with Gasteiger partial charge in [-0.05, 0) is 25.0 Å². The molecule has 1 heterocycles. The summed E-state index contributed by atoms with van der Waals surface area (Å²) in [5.41, 5.74) is 0.789. The molecule has 1 aliphatic carbocycles. The Morgan fingerprint density at radius 3 is 2.59 bits per heavy atom. The fourth-order valence-electron chi connectivity index (χ4n) is 2.96. The number of amides is 1. The molecule has 1 aromatic rings. The molecule has 116 valence electrons. The molecule has 1 saturated carbocycles. The first kappa shape index (κ1) is 15.1. The van der Waals surface area contributed by atoms with Gasteiger partial charge >= 0.3 is 5.97 Å². The number of carboxylic acids is 1. The Balaban J connectivity index is 1.89. The van der Waals surface area contributed by atoms with Crippen LogP contribution in [0.2, 0.25) is 0 Å². The van der Waals surface area contributed by atoms with Gasteiger partial charge < -0.3 is 5.11 Å². The molecule has 5 nitrogen and oxygen atoms in total. The Hall–Kier alpha value is -1.82. The number of carbonyl (C=O) groups excluding carboxylic acids is 1. The molecule has 1 N–H and O–H groups in total. The molecule has 1 atom stereocenters. The summed E-state index contributed by atoms with van der Waals surface area (Å²) < 4.78 is 0. The lowest BCUT2D eigenvalue weighted by atomic mass is 10.2. The van der Waals surface area contributed by atoms with E-state index in [1.54, 1.807) is 4.90 Å². The van der Waals surface area contributed by atoms with Crippen LogP contribution in [0.3, 0.4) is 0 Å². The van der Waals surface area contributed by atoms with Gasteiger partial charge in [0.25, 0.3) is 0 Å². The van der Waals surface area contributed by atoms with Crippen LogP contribution in [0.5, 0.6) is 0 Å². The molecular weight excluding hydrogens is 300 g/mol. The van der Waals surface area contributed by atoms with Crippen LogP contribution in [0.4, 0.5) is 5.69 Å². The number of carbonyl (C=O) groups is 2. The number of hydrogen-bond acceptors (Lipinski definition) is 4. The second kappa shape index (κ2) is 6.52. The Morgan fingerprint density at radius 1 is 1.27 bits per heavy atom. The van der Waals surface area contributed by atoms with Crippen molar-refractivity contribution in [3.8, 4) is 0 Å². The van der Waals surface area contributed by atoms with E-state index >= 15 is 0 Å². The maximum atomic E-state index is 12.6.